The lowest BCUT2D eigenvalue weighted by molar-refractivity contribution is 0.306. The summed E-state index contributed by atoms with van der Waals surface area (Å²) >= 11 is 1.69. The van der Waals surface area contributed by atoms with Gasteiger partial charge in [0.1, 0.15) is 11.6 Å². The van der Waals surface area contributed by atoms with Gasteiger partial charge in [-0.15, -0.1) is 35.3 Å². The van der Waals surface area contributed by atoms with Crippen molar-refractivity contribution in [3.8, 4) is 5.75 Å². The van der Waals surface area contributed by atoms with Crippen molar-refractivity contribution < 1.29 is 9.13 Å². The molecule has 0 saturated heterocycles. The average Bonchev–Trinajstić information content (AvgIpc) is 2.94. The van der Waals surface area contributed by atoms with E-state index in [4.69, 9.17) is 4.74 Å². The van der Waals surface area contributed by atoms with Crippen molar-refractivity contribution in [3.63, 3.8) is 0 Å². The highest BCUT2D eigenvalue weighted by molar-refractivity contribution is 14.0. The van der Waals surface area contributed by atoms with E-state index in [-0.39, 0.29) is 29.8 Å². The molecule has 0 fully saturated rings. The molecule has 2 rings (SSSR count). The van der Waals surface area contributed by atoms with Crippen molar-refractivity contribution in [1.82, 2.24) is 15.6 Å². The van der Waals surface area contributed by atoms with Gasteiger partial charge in [-0.2, -0.15) is 0 Å². The van der Waals surface area contributed by atoms with Gasteiger partial charge in [-0.05, 0) is 57.9 Å². The normalized spacial score (nSPS) is 11.0. The van der Waals surface area contributed by atoms with Gasteiger partial charge < -0.3 is 15.4 Å². The zero-order valence-corrected chi connectivity index (χ0v) is 19.2. The van der Waals surface area contributed by atoms with E-state index in [0.29, 0.717) is 18.9 Å². The zero-order valence-electron chi connectivity index (χ0n) is 16.0. The van der Waals surface area contributed by atoms with Crippen LogP contribution in [0.2, 0.25) is 0 Å². The molecule has 0 radical (unpaired) electrons. The van der Waals surface area contributed by atoms with Crippen LogP contribution < -0.4 is 15.4 Å². The lowest BCUT2D eigenvalue weighted by Gasteiger charge is -2.11. The van der Waals surface area contributed by atoms with Crippen LogP contribution in [0.1, 0.15) is 35.3 Å². The Labute approximate surface area is 181 Å². The van der Waals surface area contributed by atoms with Crippen LogP contribution in [-0.2, 0) is 6.54 Å². The Morgan fingerprint density at radius 2 is 1.93 bits per heavy atom. The molecule has 0 aliphatic carbocycles. The molecular weight excluding hydrogens is 478 g/mol. The second kappa shape index (κ2) is 12.9. The first-order chi connectivity index (χ1) is 12.6. The summed E-state index contributed by atoms with van der Waals surface area (Å²) in [6.45, 7) is 8.98. The fraction of sp³-hybridized carbons (Fsp3) is 0.474. The number of aliphatic imine (C=N–C) groups is 1. The molecule has 150 valence electrons. The highest BCUT2D eigenvalue weighted by atomic mass is 127. The highest BCUT2D eigenvalue weighted by Gasteiger charge is 2.04. The number of nitrogens with one attached hydrogen (secondary N) is 2. The third-order valence-electron chi connectivity index (χ3n) is 3.67. The smallest absolute Gasteiger partial charge is 0.191 e. The summed E-state index contributed by atoms with van der Waals surface area (Å²) in [7, 11) is 0. The van der Waals surface area contributed by atoms with Crippen LogP contribution in [0.5, 0.6) is 5.75 Å². The molecule has 5 nitrogen and oxygen atoms in total. The summed E-state index contributed by atoms with van der Waals surface area (Å²) in [5, 5.41) is 7.67. The van der Waals surface area contributed by atoms with Crippen molar-refractivity contribution in [2.45, 2.75) is 40.2 Å². The Morgan fingerprint density at radius 3 is 2.56 bits per heavy atom. The molecule has 0 amide bonds. The Balaban J connectivity index is 0.00000364. The summed E-state index contributed by atoms with van der Waals surface area (Å²) in [5.41, 5.74) is 1.06. The number of rotatable bonds is 9. The van der Waals surface area contributed by atoms with Crippen molar-refractivity contribution in [2.24, 2.45) is 4.99 Å². The summed E-state index contributed by atoms with van der Waals surface area (Å²) in [4.78, 5) is 10.3. The molecule has 8 heteroatoms. The Morgan fingerprint density at radius 1 is 1.19 bits per heavy atom. The predicted octanol–water partition coefficient (Wildman–Crippen LogP) is 4.43. The highest BCUT2D eigenvalue weighted by Crippen LogP contribution is 2.17. The minimum Gasteiger partial charge on any atom is -0.494 e. The zero-order chi connectivity index (χ0) is 18.8. The number of guanidine groups is 1. The van der Waals surface area contributed by atoms with E-state index in [1.807, 2.05) is 13.8 Å². The quantitative estimate of drug-likeness (QED) is 0.229. The Kier molecular flexibility index (Phi) is 11.3. The average molecular weight is 506 g/mol. The molecule has 2 aromatic rings. The summed E-state index contributed by atoms with van der Waals surface area (Å²) in [6, 6.07) is 6.10. The van der Waals surface area contributed by atoms with Crippen molar-refractivity contribution in [3.05, 3.63) is 45.7 Å². The van der Waals surface area contributed by atoms with Crippen LogP contribution in [0.15, 0.2) is 29.3 Å². The van der Waals surface area contributed by atoms with Gasteiger partial charge in [-0.25, -0.2) is 14.4 Å². The van der Waals surface area contributed by atoms with Crippen molar-refractivity contribution in [2.75, 3.05) is 19.7 Å². The minimum absolute atomic E-state index is 0. The van der Waals surface area contributed by atoms with E-state index in [1.165, 1.54) is 17.0 Å². The maximum absolute atomic E-state index is 12.8. The number of hydrogen-bond acceptors (Lipinski definition) is 4. The van der Waals surface area contributed by atoms with Gasteiger partial charge in [-0.1, -0.05) is 0 Å². The van der Waals surface area contributed by atoms with Gasteiger partial charge in [0, 0.05) is 18.0 Å². The van der Waals surface area contributed by atoms with E-state index >= 15 is 0 Å². The molecule has 1 aromatic carbocycles. The molecule has 0 spiro atoms. The number of ether oxygens (including phenoxy) is 1. The largest absolute Gasteiger partial charge is 0.494 e. The molecular formula is C19H28FIN4OS. The molecule has 1 heterocycles. The van der Waals surface area contributed by atoms with Crippen LogP contribution in [0.3, 0.4) is 0 Å². The summed E-state index contributed by atoms with van der Waals surface area (Å²) in [6.07, 6.45) is 1.88. The second-order valence-electron chi connectivity index (χ2n) is 5.87. The first kappa shape index (κ1) is 23.6. The number of nitrogens with zero attached hydrogens (tertiary/aromatic N) is 2. The van der Waals surface area contributed by atoms with E-state index in [1.54, 1.807) is 23.5 Å². The van der Waals surface area contributed by atoms with Gasteiger partial charge >= 0.3 is 0 Å². The first-order valence-electron chi connectivity index (χ1n) is 8.92. The van der Waals surface area contributed by atoms with E-state index in [9.17, 15) is 4.39 Å². The lowest BCUT2D eigenvalue weighted by Crippen LogP contribution is -2.37. The lowest BCUT2D eigenvalue weighted by atomic mass is 10.3. The van der Waals surface area contributed by atoms with Crippen molar-refractivity contribution in [1.29, 1.82) is 0 Å². The number of aromatic nitrogens is 1. The van der Waals surface area contributed by atoms with E-state index in [0.717, 1.165) is 42.6 Å². The minimum atomic E-state index is -0.250. The number of unbranched alkanes of at least 4 members (excludes halogenated alkanes) is 1. The van der Waals surface area contributed by atoms with Gasteiger partial charge in [-0.3, -0.25) is 0 Å². The Bertz CT molecular complexity index is 706. The standard InChI is InChI=1S/C19H27FN4OS.HI/c1-4-21-19(23-13-18-14(2)24-15(3)26-18)22-11-5-6-12-25-17-9-7-16(20)8-10-17;/h7-10H,4-6,11-13H2,1-3H3,(H2,21,22,23);1H. The fourth-order valence-electron chi connectivity index (χ4n) is 2.37. The number of halogens is 2. The monoisotopic (exact) mass is 506 g/mol. The van der Waals surface area contributed by atoms with Crippen LogP contribution in [0.25, 0.3) is 0 Å². The molecule has 0 bridgehead atoms. The molecule has 1 aromatic heterocycles. The SMILES string of the molecule is CCNC(=NCc1sc(C)nc1C)NCCCCOc1ccc(F)cc1.I. The van der Waals surface area contributed by atoms with E-state index in [2.05, 4.69) is 27.5 Å². The third kappa shape index (κ3) is 8.87. The van der Waals surface area contributed by atoms with E-state index < -0.39 is 0 Å². The third-order valence-corrected chi connectivity index (χ3v) is 4.73. The topological polar surface area (TPSA) is 58.5 Å². The maximum Gasteiger partial charge on any atom is 0.191 e. The van der Waals surface area contributed by atoms with Crippen LogP contribution in [0.4, 0.5) is 4.39 Å². The van der Waals surface area contributed by atoms with Gasteiger partial charge in [0.25, 0.3) is 0 Å². The van der Waals surface area contributed by atoms with Gasteiger partial charge in [0.15, 0.2) is 5.96 Å². The van der Waals surface area contributed by atoms with Gasteiger partial charge in [0.05, 0.1) is 23.9 Å². The molecule has 0 unspecified atom stereocenters. The van der Waals surface area contributed by atoms with Crippen LogP contribution in [-0.4, -0.2) is 30.6 Å². The first-order valence-corrected chi connectivity index (χ1v) is 9.73. The molecule has 2 N–H and O–H groups in total. The predicted molar refractivity (Wildman–Crippen MR) is 121 cm³/mol. The van der Waals surface area contributed by atoms with Crippen molar-refractivity contribution >= 4 is 41.3 Å². The molecule has 0 aliphatic heterocycles. The molecule has 0 saturated carbocycles. The van der Waals surface area contributed by atoms with Crippen LogP contribution in [0, 0.1) is 19.7 Å². The maximum atomic E-state index is 12.8. The molecule has 0 atom stereocenters. The molecule has 0 aliphatic rings. The van der Waals surface area contributed by atoms with Crippen LogP contribution >= 0.6 is 35.3 Å². The second-order valence-corrected chi connectivity index (χ2v) is 7.16. The summed E-state index contributed by atoms with van der Waals surface area (Å²) in [5.74, 6) is 1.27. The summed E-state index contributed by atoms with van der Waals surface area (Å²) < 4.78 is 18.4. The number of hydrogen-bond donors (Lipinski definition) is 2. The number of thiazole rings is 1. The number of aryl methyl sites for hydroxylation is 2. The number of benzene rings is 1. The molecule has 27 heavy (non-hydrogen) atoms. The fourth-order valence-corrected chi connectivity index (χ4v) is 3.23. The Hall–Kier alpha value is -1.42. The van der Waals surface area contributed by atoms with Gasteiger partial charge in [0.2, 0.25) is 0 Å².